The molecule has 41 heavy (non-hydrogen) atoms. The summed E-state index contributed by atoms with van der Waals surface area (Å²) < 4.78 is 43.5. The molecular formula is C28H35N3O9S. The summed E-state index contributed by atoms with van der Waals surface area (Å²) in [6, 6.07) is 12.9. The van der Waals surface area contributed by atoms with Gasteiger partial charge in [0.25, 0.3) is 11.8 Å². The molecule has 0 radical (unpaired) electrons. The molecule has 0 bridgehead atoms. The van der Waals surface area contributed by atoms with Crippen molar-refractivity contribution in [2.24, 2.45) is 0 Å². The number of imide groups is 1. The number of hydrogen-bond donors (Lipinski definition) is 1. The second-order valence-electron chi connectivity index (χ2n) is 10.3. The third-order valence-corrected chi connectivity index (χ3v) is 7.20. The number of ether oxygens (including phenoxy) is 3. The van der Waals surface area contributed by atoms with Gasteiger partial charge in [-0.25, -0.2) is 13.2 Å². The predicted octanol–water partition coefficient (Wildman–Crippen LogP) is 3.04. The van der Waals surface area contributed by atoms with Crippen LogP contribution >= 0.6 is 0 Å². The molecule has 0 fully saturated rings. The van der Waals surface area contributed by atoms with Gasteiger partial charge in [-0.1, -0.05) is 30.3 Å². The van der Waals surface area contributed by atoms with Gasteiger partial charge in [0, 0.05) is 25.9 Å². The quantitative estimate of drug-likeness (QED) is 0.275. The Hall–Kier alpha value is -3.97. The number of nitrogens with one attached hydrogen (secondary N) is 1. The summed E-state index contributed by atoms with van der Waals surface area (Å²) in [4.78, 5) is 52.5. The average Bonchev–Trinajstić information content (AvgIpc) is 3.12. The molecule has 3 amide bonds. The summed E-state index contributed by atoms with van der Waals surface area (Å²) >= 11 is 0. The maximum absolute atomic E-state index is 12.9. The highest BCUT2D eigenvalue weighted by Crippen LogP contribution is 2.26. The Labute approximate surface area is 239 Å². The van der Waals surface area contributed by atoms with Gasteiger partial charge in [-0.05, 0) is 51.0 Å². The van der Waals surface area contributed by atoms with Crippen molar-refractivity contribution in [2.75, 3.05) is 43.8 Å². The Kier molecular flexibility index (Phi) is 10.5. The third kappa shape index (κ3) is 9.29. The van der Waals surface area contributed by atoms with Crippen LogP contribution in [0, 0.1) is 0 Å². The van der Waals surface area contributed by atoms with Crippen molar-refractivity contribution in [3.63, 3.8) is 0 Å². The number of nitrogens with zero attached hydrogens (tertiary/aromatic N) is 2. The number of rotatable bonds is 13. The average molecular weight is 590 g/mol. The van der Waals surface area contributed by atoms with E-state index in [4.69, 9.17) is 14.2 Å². The molecule has 0 spiro atoms. The monoisotopic (exact) mass is 589 g/mol. The molecule has 1 aliphatic rings. The first kappa shape index (κ1) is 31.6. The topological polar surface area (TPSA) is 149 Å². The number of methoxy groups -OCH3 is 1. The Bertz CT molecular complexity index is 1370. The lowest BCUT2D eigenvalue weighted by atomic mass is 10.1. The van der Waals surface area contributed by atoms with E-state index in [1.54, 1.807) is 45.0 Å². The van der Waals surface area contributed by atoms with Gasteiger partial charge >= 0.3 is 12.1 Å². The van der Waals surface area contributed by atoms with E-state index in [0.717, 1.165) is 10.5 Å². The molecule has 0 atom stereocenters. The molecule has 1 N–H and O–H groups in total. The number of benzene rings is 2. The van der Waals surface area contributed by atoms with Crippen molar-refractivity contribution in [3.05, 3.63) is 65.2 Å². The molecule has 1 aliphatic heterocycles. The zero-order chi connectivity index (χ0) is 30.2. The van der Waals surface area contributed by atoms with E-state index in [1.807, 2.05) is 6.07 Å². The molecule has 12 nitrogen and oxygen atoms in total. The molecule has 3 rings (SSSR count). The lowest BCUT2D eigenvalue weighted by Crippen LogP contribution is -2.39. The van der Waals surface area contributed by atoms with Gasteiger partial charge in [-0.2, -0.15) is 0 Å². The lowest BCUT2D eigenvalue weighted by Gasteiger charge is -2.27. The zero-order valence-corrected chi connectivity index (χ0v) is 24.4. The second kappa shape index (κ2) is 13.6. The van der Waals surface area contributed by atoms with Crippen molar-refractivity contribution in [1.82, 2.24) is 9.80 Å². The molecular weight excluding hydrogens is 554 g/mol. The first-order valence-corrected chi connectivity index (χ1v) is 14.6. The van der Waals surface area contributed by atoms with E-state index in [2.05, 4.69) is 4.72 Å². The van der Waals surface area contributed by atoms with Crippen LogP contribution in [-0.4, -0.2) is 86.8 Å². The van der Waals surface area contributed by atoms with Crippen LogP contribution in [0.1, 0.15) is 53.5 Å². The molecule has 222 valence electrons. The van der Waals surface area contributed by atoms with Crippen LogP contribution in [-0.2, 0) is 35.6 Å². The maximum Gasteiger partial charge on any atom is 0.410 e. The molecule has 1 heterocycles. The summed E-state index contributed by atoms with van der Waals surface area (Å²) in [5, 5.41) is 0. The van der Waals surface area contributed by atoms with Gasteiger partial charge in [-0.15, -0.1) is 0 Å². The van der Waals surface area contributed by atoms with Crippen LogP contribution in [0.4, 0.5) is 10.5 Å². The Morgan fingerprint density at radius 3 is 2.32 bits per heavy atom. The summed E-state index contributed by atoms with van der Waals surface area (Å²) in [7, 11) is -2.38. The standard InChI is InChI=1S/C28H35N3O9S/c1-28(2,3)40-27(35)30(14-15-38-4)13-8-16-41(36,37)29-21-11-12-22-23(17-21)26(34)31(25(22)33)18-24(32)39-19-20-9-6-5-7-10-20/h5-7,9-12,17,29H,8,13-16,18-19H2,1-4H3. The van der Waals surface area contributed by atoms with Gasteiger partial charge in [-0.3, -0.25) is 24.0 Å². The summed E-state index contributed by atoms with van der Waals surface area (Å²) in [5.74, 6) is -2.47. The first-order valence-electron chi connectivity index (χ1n) is 13.0. The van der Waals surface area contributed by atoms with E-state index in [9.17, 15) is 27.6 Å². The number of sulfonamides is 1. The fraction of sp³-hybridized carbons (Fsp3) is 0.429. The Morgan fingerprint density at radius 1 is 0.976 bits per heavy atom. The van der Waals surface area contributed by atoms with Crippen LogP contribution in [0.2, 0.25) is 0 Å². The SMILES string of the molecule is COCCN(CCCS(=O)(=O)Nc1ccc2c(c1)C(=O)N(CC(=O)OCc1ccccc1)C2=O)C(=O)OC(C)(C)C. The van der Waals surface area contributed by atoms with Gasteiger partial charge in [0.2, 0.25) is 10.0 Å². The number of hydrogen-bond acceptors (Lipinski definition) is 9. The minimum Gasteiger partial charge on any atom is -0.459 e. The van der Waals surface area contributed by atoms with Crippen molar-refractivity contribution in [3.8, 4) is 0 Å². The smallest absolute Gasteiger partial charge is 0.410 e. The normalized spacial score (nSPS) is 13.1. The number of carbonyl (C=O) groups excluding carboxylic acids is 4. The van der Waals surface area contributed by atoms with Crippen LogP contribution in [0.15, 0.2) is 48.5 Å². The highest BCUT2D eigenvalue weighted by Gasteiger charge is 2.37. The predicted molar refractivity (Wildman–Crippen MR) is 150 cm³/mol. The fourth-order valence-electron chi connectivity index (χ4n) is 3.91. The second-order valence-corrected chi connectivity index (χ2v) is 12.2. The number of carbonyl (C=O) groups is 4. The number of anilines is 1. The number of fused-ring (bicyclic) bond motifs is 1. The highest BCUT2D eigenvalue weighted by atomic mass is 32.2. The van der Waals surface area contributed by atoms with E-state index in [0.29, 0.717) is 0 Å². The van der Waals surface area contributed by atoms with Gasteiger partial charge in [0.05, 0.1) is 23.5 Å². The first-order chi connectivity index (χ1) is 19.3. The zero-order valence-electron chi connectivity index (χ0n) is 23.5. The Morgan fingerprint density at radius 2 is 1.66 bits per heavy atom. The fourth-order valence-corrected chi connectivity index (χ4v) is 5.01. The minimum atomic E-state index is -3.87. The van der Waals surface area contributed by atoms with Gasteiger partial charge < -0.3 is 19.1 Å². The van der Waals surface area contributed by atoms with Crippen LogP contribution in [0.3, 0.4) is 0 Å². The van der Waals surface area contributed by atoms with Crippen LogP contribution < -0.4 is 4.72 Å². The summed E-state index contributed by atoms with van der Waals surface area (Å²) in [6.07, 6.45) is -0.463. The molecule has 13 heteroatoms. The lowest BCUT2D eigenvalue weighted by molar-refractivity contribution is -0.145. The molecule has 2 aromatic carbocycles. The van der Waals surface area contributed by atoms with Crippen LogP contribution in [0.25, 0.3) is 0 Å². The van der Waals surface area contributed by atoms with Crippen LogP contribution in [0.5, 0.6) is 0 Å². The molecule has 0 saturated heterocycles. The van der Waals surface area contributed by atoms with E-state index in [-0.39, 0.29) is 55.3 Å². The molecule has 0 unspecified atom stereocenters. The summed E-state index contributed by atoms with van der Waals surface area (Å²) in [5.41, 5.74) is 0.164. The van der Waals surface area contributed by atoms with Gasteiger partial charge in [0.1, 0.15) is 18.8 Å². The minimum absolute atomic E-state index is 0.00329. The number of amides is 3. The van der Waals surface area contributed by atoms with Crippen molar-refractivity contribution in [1.29, 1.82) is 0 Å². The van der Waals surface area contributed by atoms with Gasteiger partial charge in [0.15, 0.2) is 0 Å². The molecule has 2 aromatic rings. The Balaban J connectivity index is 1.58. The van der Waals surface area contributed by atoms with E-state index < -0.39 is 46.0 Å². The van der Waals surface area contributed by atoms with Crippen molar-refractivity contribution in [2.45, 2.75) is 39.4 Å². The van der Waals surface area contributed by atoms with E-state index in [1.165, 1.54) is 30.2 Å². The molecule has 0 saturated carbocycles. The highest BCUT2D eigenvalue weighted by molar-refractivity contribution is 7.92. The van der Waals surface area contributed by atoms with E-state index >= 15 is 0 Å². The number of esters is 1. The summed E-state index contributed by atoms with van der Waals surface area (Å²) in [6.45, 7) is 5.24. The third-order valence-electron chi connectivity index (χ3n) is 5.83. The molecule has 0 aromatic heterocycles. The van der Waals surface area contributed by atoms with Crippen molar-refractivity contribution >= 4 is 39.6 Å². The maximum atomic E-state index is 12.9. The van der Waals surface area contributed by atoms with Crippen molar-refractivity contribution < 1.29 is 41.8 Å². The largest absolute Gasteiger partial charge is 0.459 e. The molecule has 0 aliphatic carbocycles.